The highest BCUT2D eigenvalue weighted by molar-refractivity contribution is 7.19. The molecular weight excluding hydrogens is 362 g/mol. The third-order valence-corrected chi connectivity index (χ3v) is 4.73. The van der Waals surface area contributed by atoms with Crippen molar-refractivity contribution < 1.29 is 14.3 Å². The van der Waals surface area contributed by atoms with E-state index in [0.717, 1.165) is 10.6 Å². The summed E-state index contributed by atoms with van der Waals surface area (Å²) in [6.45, 7) is 0. The third kappa shape index (κ3) is 3.72. The van der Waals surface area contributed by atoms with Gasteiger partial charge >= 0.3 is 5.97 Å². The lowest BCUT2D eigenvalue weighted by Crippen LogP contribution is -2.13. The van der Waals surface area contributed by atoms with Crippen LogP contribution in [0, 0.1) is 0 Å². The highest BCUT2D eigenvalue weighted by Gasteiger charge is 2.16. The minimum absolute atomic E-state index is 0.269. The number of rotatable bonds is 4. The molecule has 1 N–H and O–H groups in total. The van der Waals surface area contributed by atoms with Gasteiger partial charge in [0.1, 0.15) is 0 Å². The standard InChI is InChI=1S/C17H14ClN3O3S/c1-21-13(14-6-7-15(18)25-14)9-12(20-21)16(22)19-11-5-3-4-10(8-11)17(23)24-2/h3-9H,1-2H3,(H,19,22). The maximum Gasteiger partial charge on any atom is 0.337 e. The normalized spacial score (nSPS) is 10.5. The van der Waals surface area contributed by atoms with Crippen molar-refractivity contribution in [3.8, 4) is 10.6 Å². The highest BCUT2D eigenvalue weighted by Crippen LogP contribution is 2.31. The van der Waals surface area contributed by atoms with Crippen LogP contribution in [-0.2, 0) is 11.8 Å². The van der Waals surface area contributed by atoms with Crippen molar-refractivity contribution in [2.75, 3.05) is 12.4 Å². The Labute approximate surface area is 153 Å². The van der Waals surface area contributed by atoms with Gasteiger partial charge < -0.3 is 10.1 Å². The van der Waals surface area contributed by atoms with Crippen molar-refractivity contribution >= 4 is 40.5 Å². The number of ether oxygens (including phenoxy) is 1. The van der Waals surface area contributed by atoms with Gasteiger partial charge in [-0.3, -0.25) is 9.48 Å². The van der Waals surface area contributed by atoms with E-state index >= 15 is 0 Å². The first kappa shape index (κ1) is 17.2. The number of hydrogen-bond acceptors (Lipinski definition) is 5. The van der Waals surface area contributed by atoms with Gasteiger partial charge in [0.25, 0.3) is 5.91 Å². The van der Waals surface area contributed by atoms with Gasteiger partial charge in [0, 0.05) is 12.7 Å². The molecule has 1 aromatic carbocycles. The number of halogens is 1. The maximum absolute atomic E-state index is 12.4. The predicted octanol–water partition coefficient (Wildman–Crippen LogP) is 3.84. The van der Waals surface area contributed by atoms with E-state index < -0.39 is 5.97 Å². The number of hydrogen-bond donors (Lipinski definition) is 1. The Morgan fingerprint density at radius 2 is 2.04 bits per heavy atom. The Bertz CT molecular complexity index is 948. The molecule has 0 aliphatic carbocycles. The Kier molecular flexibility index (Phi) is 4.87. The van der Waals surface area contributed by atoms with Gasteiger partial charge in [0.15, 0.2) is 5.69 Å². The zero-order valence-corrected chi connectivity index (χ0v) is 15.0. The van der Waals surface area contributed by atoms with Crippen LogP contribution in [0.25, 0.3) is 10.6 Å². The molecule has 0 saturated heterocycles. The minimum Gasteiger partial charge on any atom is -0.465 e. The summed E-state index contributed by atoms with van der Waals surface area (Å²) >= 11 is 7.38. The molecule has 0 fully saturated rings. The molecule has 3 aromatic rings. The minimum atomic E-state index is -0.467. The monoisotopic (exact) mass is 375 g/mol. The molecule has 0 bridgehead atoms. The number of methoxy groups -OCH3 is 1. The van der Waals surface area contributed by atoms with Crippen molar-refractivity contribution in [3.63, 3.8) is 0 Å². The van der Waals surface area contributed by atoms with E-state index in [1.807, 2.05) is 6.07 Å². The van der Waals surface area contributed by atoms with Crippen LogP contribution in [0.3, 0.4) is 0 Å². The number of benzene rings is 1. The zero-order chi connectivity index (χ0) is 18.0. The molecule has 0 atom stereocenters. The van der Waals surface area contributed by atoms with Gasteiger partial charge in [0.05, 0.1) is 27.6 Å². The van der Waals surface area contributed by atoms with Crippen LogP contribution >= 0.6 is 22.9 Å². The van der Waals surface area contributed by atoms with Crippen LogP contribution in [0.1, 0.15) is 20.8 Å². The van der Waals surface area contributed by atoms with Crippen molar-refractivity contribution in [3.05, 3.63) is 58.1 Å². The number of thiophene rings is 1. The lowest BCUT2D eigenvalue weighted by molar-refractivity contribution is 0.0600. The molecule has 0 spiro atoms. The summed E-state index contributed by atoms with van der Waals surface area (Å²) in [5.74, 6) is -0.836. The largest absolute Gasteiger partial charge is 0.465 e. The van der Waals surface area contributed by atoms with Gasteiger partial charge in [-0.25, -0.2) is 4.79 Å². The molecule has 0 aliphatic rings. The fourth-order valence-electron chi connectivity index (χ4n) is 2.30. The first-order valence-corrected chi connectivity index (χ1v) is 8.47. The second-order valence-electron chi connectivity index (χ2n) is 5.17. The Morgan fingerprint density at radius 3 is 2.72 bits per heavy atom. The van der Waals surface area contributed by atoms with E-state index in [2.05, 4.69) is 15.2 Å². The van der Waals surface area contributed by atoms with E-state index in [1.165, 1.54) is 18.4 Å². The smallest absolute Gasteiger partial charge is 0.337 e. The number of amides is 1. The number of nitrogens with zero attached hydrogens (tertiary/aromatic N) is 2. The SMILES string of the molecule is COC(=O)c1cccc(NC(=O)c2cc(-c3ccc(Cl)s3)n(C)n2)c1. The van der Waals surface area contributed by atoms with E-state index in [0.29, 0.717) is 15.6 Å². The number of carbonyl (C=O) groups is 2. The van der Waals surface area contributed by atoms with Gasteiger partial charge in [-0.1, -0.05) is 17.7 Å². The number of aromatic nitrogens is 2. The number of anilines is 1. The molecule has 0 aliphatic heterocycles. The fraction of sp³-hybridized carbons (Fsp3) is 0.118. The Hall–Kier alpha value is -2.64. The molecule has 2 heterocycles. The zero-order valence-electron chi connectivity index (χ0n) is 13.4. The van der Waals surface area contributed by atoms with E-state index in [9.17, 15) is 9.59 Å². The van der Waals surface area contributed by atoms with E-state index in [4.69, 9.17) is 11.6 Å². The molecule has 25 heavy (non-hydrogen) atoms. The van der Waals surface area contributed by atoms with Crippen LogP contribution in [0.15, 0.2) is 42.5 Å². The predicted molar refractivity (Wildman–Crippen MR) is 97.3 cm³/mol. The van der Waals surface area contributed by atoms with Gasteiger partial charge in [0.2, 0.25) is 0 Å². The molecular formula is C17H14ClN3O3S. The first-order chi connectivity index (χ1) is 12.0. The summed E-state index contributed by atoms with van der Waals surface area (Å²) in [6, 6.07) is 11.9. The molecule has 8 heteroatoms. The lowest BCUT2D eigenvalue weighted by atomic mass is 10.2. The van der Waals surface area contributed by atoms with Gasteiger partial charge in [-0.2, -0.15) is 5.10 Å². The molecule has 2 aromatic heterocycles. The summed E-state index contributed by atoms with van der Waals surface area (Å²) in [6.07, 6.45) is 0. The molecule has 0 saturated carbocycles. The second-order valence-corrected chi connectivity index (χ2v) is 6.88. The van der Waals surface area contributed by atoms with Crippen LogP contribution in [0.4, 0.5) is 5.69 Å². The summed E-state index contributed by atoms with van der Waals surface area (Å²) in [4.78, 5) is 24.9. The molecule has 1 amide bonds. The average Bonchev–Trinajstić information content (AvgIpc) is 3.20. The number of nitrogens with one attached hydrogen (secondary N) is 1. The Balaban J connectivity index is 1.81. The van der Waals surface area contributed by atoms with E-state index in [1.54, 1.807) is 48.1 Å². The van der Waals surface area contributed by atoms with Crippen molar-refractivity contribution in [1.29, 1.82) is 0 Å². The molecule has 0 unspecified atom stereocenters. The summed E-state index contributed by atoms with van der Waals surface area (Å²) in [7, 11) is 3.07. The van der Waals surface area contributed by atoms with Crippen LogP contribution in [-0.4, -0.2) is 28.8 Å². The van der Waals surface area contributed by atoms with Crippen LogP contribution in [0.2, 0.25) is 4.34 Å². The van der Waals surface area contributed by atoms with Crippen molar-refractivity contribution in [2.24, 2.45) is 7.05 Å². The summed E-state index contributed by atoms with van der Waals surface area (Å²) in [5.41, 5.74) is 1.91. The van der Waals surface area contributed by atoms with Gasteiger partial charge in [-0.05, 0) is 36.4 Å². The lowest BCUT2D eigenvalue weighted by Gasteiger charge is -2.05. The first-order valence-electron chi connectivity index (χ1n) is 7.27. The summed E-state index contributed by atoms with van der Waals surface area (Å²) in [5, 5.41) is 6.97. The van der Waals surface area contributed by atoms with E-state index in [-0.39, 0.29) is 11.6 Å². The molecule has 128 valence electrons. The topological polar surface area (TPSA) is 73.2 Å². The van der Waals surface area contributed by atoms with Crippen molar-refractivity contribution in [2.45, 2.75) is 0 Å². The van der Waals surface area contributed by atoms with Crippen LogP contribution in [0.5, 0.6) is 0 Å². The molecule has 0 radical (unpaired) electrons. The Morgan fingerprint density at radius 1 is 1.24 bits per heavy atom. The average molecular weight is 376 g/mol. The number of esters is 1. The van der Waals surface area contributed by atoms with Crippen molar-refractivity contribution in [1.82, 2.24) is 9.78 Å². The second kappa shape index (κ2) is 7.08. The third-order valence-electron chi connectivity index (χ3n) is 3.48. The maximum atomic E-state index is 12.4. The van der Waals surface area contributed by atoms with Crippen LogP contribution < -0.4 is 5.32 Å². The fourth-order valence-corrected chi connectivity index (χ4v) is 3.39. The highest BCUT2D eigenvalue weighted by atomic mass is 35.5. The molecule has 3 rings (SSSR count). The number of aryl methyl sites for hydroxylation is 1. The summed E-state index contributed by atoms with van der Waals surface area (Å²) < 4.78 is 6.97. The quantitative estimate of drug-likeness (QED) is 0.703. The van der Waals surface area contributed by atoms with Gasteiger partial charge in [-0.15, -0.1) is 11.3 Å². The number of carbonyl (C=O) groups excluding carboxylic acids is 2. The molecule has 6 nitrogen and oxygen atoms in total.